The molecule has 0 fully saturated rings. The summed E-state index contributed by atoms with van der Waals surface area (Å²) in [7, 11) is 0. The highest BCUT2D eigenvalue weighted by Crippen LogP contribution is 2.44. The minimum absolute atomic E-state index is 0.268. The molecule has 0 N–H and O–H groups in total. The predicted octanol–water partition coefficient (Wildman–Crippen LogP) is 6.05. The molecule has 0 saturated carbocycles. The number of para-hydroxylation sites is 1. The molecule has 2 heterocycles. The number of hydrogen-bond acceptors (Lipinski definition) is 3. The highest BCUT2D eigenvalue weighted by atomic mass is 32.2. The van der Waals surface area contributed by atoms with Gasteiger partial charge in [0, 0.05) is 10.3 Å². The Balaban J connectivity index is 1.63. The second-order valence-electron chi connectivity index (χ2n) is 6.52. The molecule has 0 bridgehead atoms. The summed E-state index contributed by atoms with van der Waals surface area (Å²) in [5.41, 5.74) is 3.77. The Morgan fingerprint density at radius 3 is 2.46 bits per heavy atom. The van der Waals surface area contributed by atoms with Crippen LogP contribution in [0.2, 0.25) is 0 Å². The molecule has 1 atom stereocenters. The summed E-state index contributed by atoms with van der Waals surface area (Å²) in [6.07, 6.45) is 0.988. The van der Waals surface area contributed by atoms with Crippen molar-refractivity contribution in [2.24, 2.45) is 0 Å². The van der Waals surface area contributed by atoms with E-state index in [0.29, 0.717) is 0 Å². The lowest BCUT2D eigenvalue weighted by atomic mass is 9.98. The summed E-state index contributed by atoms with van der Waals surface area (Å²) in [6, 6.07) is 32.3. The van der Waals surface area contributed by atoms with Crippen molar-refractivity contribution >= 4 is 28.7 Å². The zero-order valence-electron chi connectivity index (χ0n) is 14.2. The number of anilines is 1. The van der Waals surface area contributed by atoms with Gasteiger partial charge in [-0.2, -0.15) is 0 Å². The molecule has 0 amide bonds. The first-order valence-corrected chi connectivity index (χ1v) is 9.62. The zero-order chi connectivity index (χ0) is 17.3. The minimum Gasteiger partial charge on any atom is -0.288 e. The molecule has 3 heteroatoms. The highest BCUT2D eigenvalue weighted by molar-refractivity contribution is 8.00. The van der Waals surface area contributed by atoms with Gasteiger partial charge in [-0.15, -0.1) is 0 Å². The van der Waals surface area contributed by atoms with Crippen LogP contribution < -0.4 is 4.31 Å². The van der Waals surface area contributed by atoms with E-state index in [1.807, 2.05) is 6.07 Å². The third-order valence-electron chi connectivity index (χ3n) is 4.86. The molecule has 2 nitrogen and oxygen atoms in total. The standard InChI is InChI=1S/C23H18N2S/c1-2-9-18(10-3-1)21-16-19-11-5-7-13-22(19)26-25(21)23-15-14-17-8-4-6-12-20(17)24-23/h1-15,21H,16H2. The first kappa shape index (κ1) is 15.5. The Kier molecular flexibility index (Phi) is 3.87. The number of fused-ring (bicyclic) bond motifs is 2. The van der Waals surface area contributed by atoms with E-state index >= 15 is 0 Å². The largest absolute Gasteiger partial charge is 0.288 e. The number of benzene rings is 3. The van der Waals surface area contributed by atoms with E-state index in [1.54, 1.807) is 11.9 Å². The molecular weight excluding hydrogens is 336 g/mol. The van der Waals surface area contributed by atoms with Crippen LogP contribution in [0.25, 0.3) is 10.9 Å². The Hall–Kier alpha value is -2.78. The van der Waals surface area contributed by atoms with Gasteiger partial charge in [0.15, 0.2) is 0 Å². The van der Waals surface area contributed by atoms with Crippen LogP contribution >= 0.6 is 11.9 Å². The maximum atomic E-state index is 4.95. The van der Waals surface area contributed by atoms with Crippen molar-refractivity contribution in [2.75, 3.05) is 4.31 Å². The van der Waals surface area contributed by atoms with Gasteiger partial charge < -0.3 is 0 Å². The molecule has 1 unspecified atom stereocenters. The van der Waals surface area contributed by atoms with Gasteiger partial charge in [0.25, 0.3) is 0 Å². The highest BCUT2D eigenvalue weighted by Gasteiger charge is 2.29. The van der Waals surface area contributed by atoms with Crippen LogP contribution in [0.15, 0.2) is 95.9 Å². The molecular formula is C23H18N2S. The van der Waals surface area contributed by atoms with Crippen LogP contribution in [-0.4, -0.2) is 4.98 Å². The van der Waals surface area contributed by atoms with Gasteiger partial charge >= 0.3 is 0 Å². The maximum absolute atomic E-state index is 4.95. The van der Waals surface area contributed by atoms with Crippen LogP contribution in [0.5, 0.6) is 0 Å². The topological polar surface area (TPSA) is 16.1 Å². The van der Waals surface area contributed by atoms with Gasteiger partial charge in [0.2, 0.25) is 0 Å². The fraction of sp³-hybridized carbons (Fsp3) is 0.0870. The van der Waals surface area contributed by atoms with Crippen LogP contribution in [0.1, 0.15) is 17.2 Å². The van der Waals surface area contributed by atoms with Crippen LogP contribution in [0.4, 0.5) is 5.82 Å². The number of pyridine rings is 1. The summed E-state index contributed by atoms with van der Waals surface area (Å²) in [5.74, 6) is 1.01. The van der Waals surface area contributed by atoms with Gasteiger partial charge in [0.05, 0.1) is 11.6 Å². The summed E-state index contributed by atoms with van der Waals surface area (Å²) in [5, 5.41) is 1.18. The first-order valence-electron chi connectivity index (χ1n) is 8.84. The second kappa shape index (κ2) is 6.50. The Labute approximate surface area is 157 Å². The lowest BCUT2D eigenvalue weighted by Gasteiger charge is -2.36. The molecule has 1 aliphatic heterocycles. The van der Waals surface area contributed by atoms with E-state index in [4.69, 9.17) is 4.98 Å². The monoisotopic (exact) mass is 354 g/mol. The fourth-order valence-corrected chi connectivity index (χ4v) is 4.67. The molecule has 0 radical (unpaired) electrons. The zero-order valence-corrected chi connectivity index (χ0v) is 15.1. The summed E-state index contributed by atoms with van der Waals surface area (Å²) in [4.78, 5) is 6.27. The number of hydrogen-bond donors (Lipinski definition) is 0. The molecule has 5 rings (SSSR count). The quantitative estimate of drug-likeness (QED) is 0.408. The smallest absolute Gasteiger partial charge is 0.140 e. The average Bonchev–Trinajstić information content (AvgIpc) is 2.73. The van der Waals surface area contributed by atoms with Crippen molar-refractivity contribution in [2.45, 2.75) is 17.4 Å². The normalized spacial score (nSPS) is 16.5. The SMILES string of the molecule is c1ccc(C2Cc3ccccc3SN2c2ccc3ccccc3n2)cc1. The summed E-state index contributed by atoms with van der Waals surface area (Å²) >= 11 is 1.79. The third-order valence-corrected chi connectivity index (χ3v) is 6.09. The van der Waals surface area contributed by atoms with Gasteiger partial charge in [-0.1, -0.05) is 66.7 Å². The van der Waals surface area contributed by atoms with Gasteiger partial charge in [-0.05, 0) is 53.8 Å². The Morgan fingerprint density at radius 1 is 0.769 bits per heavy atom. The van der Waals surface area contributed by atoms with E-state index < -0.39 is 0 Å². The average molecular weight is 354 g/mol. The minimum atomic E-state index is 0.268. The third kappa shape index (κ3) is 2.74. The lowest BCUT2D eigenvalue weighted by Crippen LogP contribution is -2.28. The second-order valence-corrected chi connectivity index (χ2v) is 7.53. The summed E-state index contributed by atoms with van der Waals surface area (Å²) < 4.78 is 2.37. The van der Waals surface area contributed by atoms with E-state index in [1.165, 1.54) is 21.4 Å². The molecule has 1 aromatic heterocycles. The summed E-state index contributed by atoms with van der Waals surface area (Å²) in [6.45, 7) is 0. The van der Waals surface area contributed by atoms with Crippen molar-refractivity contribution in [3.8, 4) is 0 Å². The molecule has 3 aromatic carbocycles. The van der Waals surface area contributed by atoms with Crippen molar-refractivity contribution in [3.63, 3.8) is 0 Å². The van der Waals surface area contributed by atoms with E-state index in [0.717, 1.165) is 17.8 Å². The molecule has 0 spiro atoms. The van der Waals surface area contributed by atoms with Gasteiger partial charge in [0.1, 0.15) is 5.82 Å². The molecule has 0 aliphatic carbocycles. The molecule has 0 saturated heterocycles. The number of nitrogens with zero attached hydrogens (tertiary/aromatic N) is 2. The fourth-order valence-electron chi connectivity index (χ4n) is 3.54. The van der Waals surface area contributed by atoms with Crippen molar-refractivity contribution < 1.29 is 0 Å². The van der Waals surface area contributed by atoms with E-state index in [9.17, 15) is 0 Å². The Bertz CT molecular complexity index is 1060. The van der Waals surface area contributed by atoms with Gasteiger partial charge in [-0.25, -0.2) is 4.98 Å². The number of rotatable bonds is 2. The van der Waals surface area contributed by atoms with Crippen LogP contribution in [-0.2, 0) is 6.42 Å². The Morgan fingerprint density at radius 2 is 1.54 bits per heavy atom. The van der Waals surface area contributed by atoms with E-state index in [2.05, 4.69) is 89.2 Å². The van der Waals surface area contributed by atoms with Crippen LogP contribution in [0, 0.1) is 0 Å². The lowest BCUT2D eigenvalue weighted by molar-refractivity contribution is 0.700. The van der Waals surface area contributed by atoms with E-state index in [-0.39, 0.29) is 6.04 Å². The maximum Gasteiger partial charge on any atom is 0.140 e. The molecule has 126 valence electrons. The predicted molar refractivity (Wildman–Crippen MR) is 109 cm³/mol. The van der Waals surface area contributed by atoms with Crippen LogP contribution in [0.3, 0.4) is 0 Å². The van der Waals surface area contributed by atoms with Gasteiger partial charge in [-0.3, -0.25) is 4.31 Å². The van der Waals surface area contributed by atoms with Crippen molar-refractivity contribution in [1.29, 1.82) is 0 Å². The van der Waals surface area contributed by atoms with Crippen molar-refractivity contribution in [1.82, 2.24) is 4.98 Å². The number of aromatic nitrogens is 1. The molecule has 1 aliphatic rings. The first-order chi connectivity index (χ1) is 12.9. The molecule has 4 aromatic rings. The van der Waals surface area contributed by atoms with Crippen molar-refractivity contribution in [3.05, 3.63) is 102 Å². The molecule has 26 heavy (non-hydrogen) atoms.